The summed E-state index contributed by atoms with van der Waals surface area (Å²) in [5.74, 6) is 0.752. The van der Waals surface area contributed by atoms with Crippen molar-refractivity contribution in [2.45, 2.75) is 50.9 Å². The summed E-state index contributed by atoms with van der Waals surface area (Å²) in [6.07, 6.45) is 4.28. The van der Waals surface area contributed by atoms with Gasteiger partial charge in [-0.1, -0.05) is 11.8 Å². The van der Waals surface area contributed by atoms with E-state index < -0.39 is 0 Å². The Morgan fingerprint density at radius 1 is 1.57 bits per heavy atom. The minimum absolute atomic E-state index is 0.0348. The number of nitrogens with zero attached hydrogens (tertiary/aromatic N) is 3. The van der Waals surface area contributed by atoms with E-state index in [9.17, 15) is 9.90 Å². The van der Waals surface area contributed by atoms with Crippen LogP contribution in [0.25, 0.3) is 0 Å². The molecule has 0 spiro atoms. The van der Waals surface area contributed by atoms with E-state index in [2.05, 4.69) is 30.3 Å². The lowest BCUT2D eigenvalue weighted by atomic mass is 10.0. The number of carbonyl (C=O) groups is 1. The Morgan fingerprint density at radius 3 is 2.86 bits per heavy atom. The number of carbonyl (C=O) groups excluding carboxylic acids is 1. The Kier molecular flexibility index (Phi) is 4.99. The molecule has 0 aliphatic carbocycles. The van der Waals surface area contributed by atoms with Gasteiger partial charge in [-0.15, -0.1) is 0 Å². The van der Waals surface area contributed by atoms with Crippen LogP contribution in [0.3, 0.4) is 0 Å². The predicted molar refractivity (Wildman–Crippen MR) is 84.3 cm³/mol. The zero-order valence-corrected chi connectivity index (χ0v) is 14.1. The van der Waals surface area contributed by atoms with Crippen molar-refractivity contribution in [3.63, 3.8) is 0 Å². The molecule has 1 aromatic heterocycles. The van der Waals surface area contributed by atoms with Gasteiger partial charge in [0, 0.05) is 36.9 Å². The van der Waals surface area contributed by atoms with Crippen molar-refractivity contribution in [3.8, 4) is 0 Å². The number of imidazole rings is 1. The Morgan fingerprint density at radius 2 is 2.29 bits per heavy atom. The van der Waals surface area contributed by atoms with E-state index in [0.29, 0.717) is 12.3 Å². The maximum Gasteiger partial charge on any atom is 0.233 e. The summed E-state index contributed by atoms with van der Waals surface area (Å²) in [6, 6.07) is 0. The molecule has 0 bridgehead atoms. The molecule has 2 heterocycles. The Hall–Kier alpha value is -1.01. The molecular formula is C15H25N3O2S. The molecule has 0 saturated carbocycles. The van der Waals surface area contributed by atoms with Crippen LogP contribution >= 0.6 is 11.8 Å². The van der Waals surface area contributed by atoms with Crippen LogP contribution in [0, 0.1) is 5.92 Å². The van der Waals surface area contributed by atoms with E-state index >= 15 is 0 Å². The number of hydrogen-bond donors (Lipinski definition) is 1. The fourth-order valence-corrected chi connectivity index (χ4v) is 3.58. The first-order valence-electron chi connectivity index (χ1n) is 7.41. The molecule has 118 valence electrons. The second-order valence-corrected chi connectivity index (χ2v) is 7.61. The molecule has 1 aliphatic heterocycles. The van der Waals surface area contributed by atoms with E-state index in [-0.39, 0.29) is 23.5 Å². The number of thioether (sulfide) groups is 1. The van der Waals surface area contributed by atoms with Gasteiger partial charge in [-0.3, -0.25) is 4.79 Å². The van der Waals surface area contributed by atoms with Gasteiger partial charge < -0.3 is 14.6 Å². The predicted octanol–water partition coefficient (Wildman–Crippen LogP) is 1.96. The van der Waals surface area contributed by atoms with E-state index in [4.69, 9.17) is 0 Å². The second kappa shape index (κ2) is 6.40. The smallest absolute Gasteiger partial charge is 0.233 e. The van der Waals surface area contributed by atoms with Gasteiger partial charge in [0.25, 0.3) is 0 Å². The van der Waals surface area contributed by atoms with Gasteiger partial charge in [-0.25, -0.2) is 4.98 Å². The molecule has 0 radical (unpaired) electrons. The lowest BCUT2D eigenvalue weighted by Gasteiger charge is -2.23. The summed E-state index contributed by atoms with van der Waals surface area (Å²) in [6.45, 7) is 9.58. The molecule has 2 atom stereocenters. The van der Waals surface area contributed by atoms with E-state index in [0.717, 1.165) is 18.1 Å². The van der Waals surface area contributed by atoms with Gasteiger partial charge in [0.2, 0.25) is 5.91 Å². The molecule has 2 unspecified atom stereocenters. The number of aromatic nitrogens is 2. The van der Waals surface area contributed by atoms with Crippen LogP contribution < -0.4 is 0 Å². The van der Waals surface area contributed by atoms with Gasteiger partial charge in [0.1, 0.15) is 0 Å². The monoisotopic (exact) mass is 311 g/mol. The number of aliphatic hydroxyl groups is 1. The molecule has 1 saturated heterocycles. The van der Waals surface area contributed by atoms with Crippen LogP contribution in [0.4, 0.5) is 0 Å². The minimum Gasteiger partial charge on any atom is -0.393 e. The van der Waals surface area contributed by atoms with Crippen molar-refractivity contribution in [3.05, 3.63) is 12.4 Å². The molecule has 5 nitrogen and oxygen atoms in total. The van der Waals surface area contributed by atoms with Crippen molar-refractivity contribution in [2.75, 3.05) is 18.8 Å². The van der Waals surface area contributed by atoms with Crippen LogP contribution in [0.15, 0.2) is 17.6 Å². The highest BCUT2D eigenvalue weighted by Gasteiger charge is 2.29. The third-order valence-corrected chi connectivity index (χ3v) is 4.87. The minimum atomic E-state index is -0.338. The highest BCUT2D eigenvalue weighted by atomic mass is 32.2. The van der Waals surface area contributed by atoms with Crippen LogP contribution in [0.5, 0.6) is 0 Å². The van der Waals surface area contributed by atoms with Crippen molar-refractivity contribution in [2.24, 2.45) is 5.92 Å². The molecule has 6 heteroatoms. The van der Waals surface area contributed by atoms with E-state index in [1.165, 1.54) is 11.8 Å². The third-order valence-electron chi connectivity index (χ3n) is 3.91. The van der Waals surface area contributed by atoms with Gasteiger partial charge in [0.05, 0.1) is 11.9 Å². The molecule has 1 fully saturated rings. The summed E-state index contributed by atoms with van der Waals surface area (Å²) in [5, 5.41) is 10.5. The van der Waals surface area contributed by atoms with Crippen LogP contribution in [-0.2, 0) is 10.3 Å². The van der Waals surface area contributed by atoms with Crippen LogP contribution in [0.1, 0.15) is 34.1 Å². The van der Waals surface area contributed by atoms with Crippen molar-refractivity contribution in [1.29, 1.82) is 0 Å². The van der Waals surface area contributed by atoms with Crippen LogP contribution in [0.2, 0.25) is 0 Å². The van der Waals surface area contributed by atoms with Gasteiger partial charge in [-0.05, 0) is 34.1 Å². The van der Waals surface area contributed by atoms with Gasteiger partial charge in [0.15, 0.2) is 5.16 Å². The second-order valence-electron chi connectivity index (χ2n) is 6.67. The van der Waals surface area contributed by atoms with E-state index in [1.807, 2.05) is 11.1 Å². The highest BCUT2D eigenvalue weighted by Crippen LogP contribution is 2.25. The fraction of sp³-hybridized carbons (Fsp3) is 0.733. The normalized spacial score (nSPS) is 20.8. The van der Waals surface area contributed by atoms with Crippen molar-refractivity contribution < 1.29 is 9.90 Å². The number of rotatable bonds is 4. The standard InChI is InChI=1S/C15H25N3O2S/c1-11(19)12-5-7-17(9-12)13(20)10-21-14-16-6-8-18(14)15(2,3)4/h6,8,11-12,19H,5,7,9-10H2,1-4H3. The third kappa shape index (κ3) is 4.01. The first-order valence-corrected chi connectivity index (χ1v) is 8.40. The highest BCUT2D eigenvalue weighted by molar-refractivity contribution is 7.99. The Labute approximate surface area is 130 Å². The molecule has 1 aromatic rings. The summed E-state index contributed by atoms with van der Waals surface area (Å²) >= 11 is 1.48. The first kappa shape index (κ1) is 16.4. The zero-order valence-electron chi connectivity index (χ0n) is 13.2. The maximum atomic E-state index is 12.3. The summed E-state index contributed by atoms with van der Waals surface area (Å²) in [7, 11) is 0. The van der Waals surface area contributed by atoms with Gasteiger partial charge in [-0.2, -0.15) is 0 Å². The van der Waals surface area contributed by atoms with Gasteiger partial charge >= 0.3 is 0 Å². The Bertz CT molecular complexity index is 493. The Balaban J connectivity index is 1.89. The molecular weight excluding hydrogens is 286 g/mol. The molecule has 1 aliphatic rings. The number of amides is 1. The summed E-state index contributed by atoms with van der Waals surface area (Å²) < 4.78 is 2.09. The molecule has 0 aromatic carbocycles. The zero-order chi connectivity index (χ0) is 15.6. The lowest BCUT2D eigenvalue weighted by Crippen LogP contribution is -2.32. The molecule has 1 N–H and O–H groups in total. The lowest BCUT2D eigenvalue weighted by molar-refractivity contribution is -0.127. The number of likely N-dealkylation sites (tertiary alicyclic amines) is 1. The maximum absolute atomic E-state index is 12.3. The number of aliphatic hydroxyl groups excluding tert-OH is 1. The van der Waals surface area contributed by atoms with E-state index in [1.54, 1.807) is 13.1 Å². The van der Waals surface area contributed by atoms with Crippen LogP contribution in [-0.4, -0.2) is 50.4 Å². The first-order chi connectivity index (χ1) is 9.79. The molecule has 1 amide bonds. The summed E-state index contributed by atoms with van der Waals surface area (Å²) in [4.78, 5) is 18.5. The topological polar surface area (TPSA) is 58.4 Å². The SMILES string of the molecule is CC(O)C1CCN(C(=O)CSc2nccn2C(C)(C)C)C1. The average Bonchev–Trinajstić information content (AvgIpc) is 3.04. The largest absolute Gasteiger partial charge is 0.393 e. The van der Waals surface area contributed by atoms with Crippen molar-refractivity contribution >= 4 is 17.7 Å². The number of hydrogen-bond acceptors (Lipinski definition) is 4. The van der Waals surface area contributed by atoms with Crippen molar-refractivity contribution in [1.82, 2.24) is 14.5 Å². The fourth-order valence-electron chi connectivity index (χ4n) is 2.53. The quantitative estimate of drug-likeness (QED) is 0.864. The molecule has 2 rings (SSSR count). The molecule has 21 heavy (non-hydrogen) atoms. The summed E-state index contributed by atoms with van der Waals surface area (Å²) in [5.41, 5.74) is -0.0348. The average molecular weight is 311 g/mol.